The number of likely N-dealkylation sites (tertiary alicyclic amines) is 1. The van der Waals surface area contributed by atoms with Gasteiger partial charge in [-0.15, -0.1) is 0 Å². The predicted molar refractivity (Wildman–Crippen MR) is 89.5 cm³/mol. The Labute approximate surface area is 129 Å². The highest BCUT2D eigenvalue weighted by Crippen LogP contribution is 2.27. The van der Waals surface area contributed by atoms with Gasteiger partial charge in [0.15, 0.2) is 0 Å². The second kappa shape index (κ2) is 7.42. The summed E-state index contributed by atoms with van der Waals surface area (Å²) in [6.07, 6.45) is 8.05. The zero-order chi connectivity index (χ0) is 14.5. The fraction of sp³-hybridized carbons (Fsp3) is 0.684. The first kappa shape index (κ1) is 15.1. The summed E-state index contributed by atoms with van der Waals surface area (Å²) in [5.41, 5.74) is 1.49. The van der Waals surface area contributed by atoms with E-state index in [2.05, 4.69) is 47.5 Å². The van der Waals surface area contributed by atoms with E-state index in [1.807, 2.05) is 0 Å². The number of nitrogens with zero attached hydrogens (tertiary/aromatic N) is 1. The smallest absolute Gasteiger partial charge is 0.0133 e. The van der Waals surface area contributed by atoms with Crippen molar-refractivity contribution in [3.63, 3.8) is 0 Å². The maximum atomic E-state index is 3.71. The molecule has 3 rings (SSSR count). The van der Waals surface area contributed by atoms with E-state index in [9.17, 15) is 0 Å². The molecule has 1 aromatic rings. The van der Waals surface area contributed by atoms with Gasteiger partial charge in [0, 0.05) is 12.1 Å². The lowest BCUT2D eigenvalue weighted by molar-refractivity contribution is 0.115. The Morgan fingerprint density at radius 3 is 2.52 bits per heavy atom. The molecule has 2 aliphatic rings. The zero-order valence-electron chi connectivity index (χ0n) is 13.4. The third kappa shape index (κ3) is 3.87. The number of piperidine rings is 1. The van der Waals surface area contributed by atoms with Crippen LogP contribution in [0.1, 0.15) is 44.6 Å². The van der Waals surface area contributed by atoms with Crippen molar-refractivity contribution in [1.82, 2.24) is 10.2 Å². The molecule has 0 aliphatic carbocycles. The first-order valence-corrected chi connectivity index (χ1v) is 8.88. The van der Waals surface area contributed by atoms with Crippen LogP contribution in [0.3, 0.4) is 0 Å². The molecule has 2 heterocycles. The lowest BCUT2D eigenvalue weighted by atomic mass is 9.87. The molecular weight excluding hydrogens is 256 g/mol. The summed E-state index contributed by atoms with van der Waals surface area (Å²) < 4.78 is 0. The molecule has 0 spiro atoms. The van der Waals surface area contributed by atoms with Crippen molar-refractivity contribution < 1.29 is 0 Å². The van der Waals surface area contributed by atoms with E-state index in [0.717, 1.165) is 18.0 Å². The predicted octanol–water partition coefficient (Wildman–Crippen LogP) is 3.47. The lowest BCUT2D eigenvalue weighted by Gasteiger charge is -2.39. The Bertz CT molecular complexity index is 403. The van der Waals surface area contributed by atoms with E-state index in [1.54, 1.807) is 0 Å². The van der Waals surface area contributed by atoms with Gasteiger partial charge in [0.1, 0.15) is 0 Å². The number of benzene rings is 1. The molecule has 0 aromatic heterocycles. The van der Waals surface area contributed by atoms with Crippen LogP contribution in [0.25, 0.3) is 0 Å². The van der Waals surface area contributed by atoms with E-state index < -0.39 is 0 Å². The number of hydrogen-bond donors (Lipinski definition) is 1. The Morgan fingerprint density at radius 1 is 1.14 bits per heavy atom. The molecule has 116 valence electrons. The first-order valence-electron chi connectivity index (χ1n) is 8.88. The van der Waals surface area contributed by atoms with Crippen LogP contribution in [0, 0.1) is 5.92 Å². The highest BCUT2D eigenvalue weighted by atomic mass is 15.2. The minimum absolute atomic E-state index is 0.727. The van der Waals surface area contributed by atoms with Crippen molar-refractivity contribution in [2.75, 3.05) is 19.6 Å². The molecule has 2 unspecified atom stereocenters. The number of hydrogen-bond acceptors (Lipinski definition) is 2. The van der Waals surface area contributed by atoms with Crippen molar-refractivity contribution >= 4 is 0 Å². The molecule has 2 aliphatic heterocycles. The molecule has 0 saturated carbocycles. The van der Waals surface area contributed by atoms with E-state index in [0.29, 0.717) is 0 Å². The van der Waals surface area contributed by atoms with Gasteiger partial charge in [-0.05, 0) is 69.6 Å². The Balaban J connectivity index is 1.52. The second-order valence-electron chi connectivity index (χ2n) is 6.83. The molecule has 0 amide bonds. The van der Waals surface area contributed by atoms with Crippen LogP contribution in [-0.4, -0.2) is 36.6 Å². The Morgan fingerprint density at radius 2 is 1.90 bits per heavy atom. The lowest BCUT2D eigenvalue weighted by Crippen LogP contribution is -2.45. The highest BCUT2D eigenvalue weighted by Gasteiger charge is 2.30. The standard InChI is InChI=1S/C19H30N2/c1-2-18(15-16-7-4-3-5-8-16)21-13-10-17(11-14-21)19-9-6-12-20-19/h3-5,7-8,17-20H,2,6,9-15H2,1H3. The van der Waals surface area contributed by atoms with Crippen LogP contribution in [0.15, 0.2) is 30.3 Å². The summed E-state index contributed by atoms with van der Waals surface area (Å²) in [7, 11) is 0. The number of rotatable bonds is 5. The molecule has 2 atom stereocenters. The van der Waals surface area contributed by atoms with Crippen molar-refractivity contribution in [3.8, 4) is 0 Å². The van der Waals surface area contributed by atoms with E-state index in [1.165, 1.54) is 63.7 Å². The fourth-order valence-corrected chi connectivity index (χ4v) is 4.22. The van der Waals surface area contributed by atoms with Crippen molar-refractivity contribution in [2.24, 2.45) is 5.92 Å². The summed E-state index contributed by atoms with van der Waals surface area (Å²) >= 11 is 0. The minimum Gasteiger partial charge on any atom is -0.314 e. The first-order chi connectivity index (χ1) is 10.4. The summed E-state index contributed by atoms with van der Waals surface area (Å²) in [5.74, 6) is 0.929. The van der Waals surface area contributed by atoms with Crippen molar-refractivity contribution in [1.29, 1.82) is 0 Å². The fourth-order valence-electron chi connectivity index (χ4n) is 4.22. The summed E-state index contributed by atoms with van der Waals surface area (Å²) in [6, 6.07) is 12.5. The van der Waals surface area contributed by atoms with Crippen LogP contribution in [0.5, 0.6) is 0 Å². The molecule has 1 N–H and O–H groups in total. The summed E-state index contributed by atoms with van der Waals surface area (Å²) in [5, 5.41) is 3.71. The maximum Gasteiger partial charge on any atom is 0.0133 e. The largest absolute Gasteiger partial charge is 0.314 e. The van der Waals surface area contributed by atoms with Crippen LogP contribution in [-0.2, 0) is 6.42 Å². The average Bonchev–Trinajstić information content (AvgIpc) is 3.08. The zero-order valence-corrected chi connectivity index (χ0v) is 13.4. The average molecular weight is 286 g/mol. The van der Waals surface area contributed by atoms with E-state index >= 15 is 0 Å². The van der Waals surface area contributed by atoms with E-state index in [4.69, 9.17) is 0 Å². The summed E-state index contributed by atoms with van der Waals surface area (Å²) in [6.45, 7) is 6.19. The second-order valence-corrected chi connectivity index (χ2v) is 6.83. The molecule has 0 bridgehead atoms. The van der Waals surface area contributed by atoms with Gasteiger partial charge >= 0.3 is 0 Å². The van der Waals surface area contributed by atoms with Gasteiger partial charge in [0.25, 0.3) is 0 Å². The molecule has 2 saturated heterocycles. The van der Waals surface area contributed by atoms with Crippen LogP contribution in [0.4, 0.5) is 0 Å². The third-order valence-corrected chi connectivity index (χ3v) is 5.54. The van der Waals surface area contributed by atoms with Gasteiger partial charge in [0.05, 0.1) is 0 Å². The van der Waals surface area contributed by atoms with E-state index in [-0.39, 0.29) is 0 Å². The number of nitrogens with one attached hydrogen (secondary N) is 1. The Kier molecular flexibility index (Phi) is 5.32. The van der Waals surface area contributed by atoms with Gasteiger partial charge < -0.3 is 10.2 Å². The van der Waals surface area contributed by atoms with Gasteiger partial charge in [-0.1, -0.05) is 37.3 Å². The molecule has 2 heteroatoms. The molecule has 2 nitrogen and oxygen atoms in total. The topological polar surface area (TPSA) is 15.3 Å². The third-order valence-electron chi connectivity index (χ3n) is 5.54. The van der Waals surface area contributed by atoms with Crippen LogP contribution in [0.2, 0.25) is 0 Å². The maximum absolute atomic E-state index is 3.71. The molecule has 0 radical (unpaired) electrons. The van der Waals surface area contributed by atoms with Gasteiger partial charge in [-0.2, -0.15) is 0 Å². The quantitative estimate of drug-likeness (QED) is 0.891. The molecule has 1 aromatic carbocycles. The van der Waals surface area contributed by atoms with Gasteiger partial charge in [-0.25, -0.2) is 0 Å². The molecule has 21 heavy (non-hydrogen) atoms. The van der Waals surface area contributed by atoms with Crippen LogP contribution < -0.4 is 5.32 Å². The molecule has 2 fully saturated rings. The van der Waals surface area contributed by atoms with Crippen LogP contribution >= 0.6 is 0 Å². The summed E-state index contributed by atoms with van der Waals surface area (Å²) in [4.78, 5) is 2.75. The SMILES string of the molecule is CCC(Cc1ccccc1)N1CCC(C2CCCN2)CC1. The minimum atomic E-state index is 0.727. The van der Waals surface area contributed by atoms with Gasteiger partial charge in [0.2, 0.25) is 0 Å². The normalized spacial score (nSPS) is 26.0. The van der Waals surface area contributed by atoms with Gasteiger partial charge in [-0.3, -0.25) is 0 Å². The van der Waals surface area contributed by atoms with Crippen molar-refractivity contribution in [2.45, 2.75) is 57.5 Å². The Hall–Kier alpha value is -0.860. The monoisotopic (exact) mass is 286 g/mol. The molecular formula is C19H30N2. The highest BCUT2D eigenvalue weighted by molar-refractivity contribution is 5.16. The van der Waals surface area contributed by atoms with Crippen molar-refractivity contribution in [3.05, 3.63) is 35.9 Å².